The lowest BCUT2D eigenvalue weighted by atomic mass is 10.2. The number of carbonyl (C=O) groups is 1. The molecule has 0 bridgehead atoms. The quantitative estimate of drug-likeness (QED) is 0.906. The lowest BCUT2D eigenvalue weighted by Crippen LogP contribution is -2.28. The number of methoxy groups -OCH3 is 1. The van der Waals surface area contributed by atoms with Gasteiger partial charge in [-0.15, -0.1) is 0 Å². The zero-order valence-corrected chi connectivity index (χ0v) is 12.2. The van der Waals surface area contributed by atoms with Crippen LogP contribution in [-0.2, 0) is 6.54 Å². The minimum absolute atomic E-state index is 0.0805. The van der Waals surface area contributed by atoms with E-state index in [0.29, 0.717) is 17.0 Å². The Hall–Kier alpha value is -2.63. The summed E-state index contributed by atoms with van der Waals surface area (Å²) in [5, 5.41) is 5.23. The number of ether oxygens (including phenoxy) is 1. The molecule has 0 saturated heterocycles. The zero-order chi connectivity index (χ0) is 16.1. The van der Waals surface area contributed by atoms with E-state index >= 15 is 0 Å². The van der Waals surface area contributed by atoms with Crippen LogP contribution in [0.25, 0.3) is 0 Å². The molecule has 2 N–H and O–H groups in total. The van der Waals surface area contributed by atoms with Gasteiger partial charge in [-0.3, -0.25) is 0 Å². The molecule has 0 aliphatic heterocycles. The second-order valence-corrected chi connectivity index (χ2v) is 4.76. The average molecular weight is 306 g/mol. The van der Waals surface area contributed by atoms with Crippen LogP contribution in [0, 0.1) is 18.6 Å². The van der Waals surface area contributed by atoms with E-state index in [4.69, 9.17) is 4.74 Å². The van der Waals surface area contributed by atoms with Gasteiger partial charge >= 0.3 is 6.03 Å². The van der Waals surface area contributed by atoms with Crippen LogP contribution in [0.15, 0.2) is 36.4 Å². The number of carbonyl (C=O) groups excluding carboxylic acids is 1. The fourth-order valence-electron chi connectivity index (χ4n) is 1.92. The van der Waals surface area contributed by atoms with Crippen molar-refractivity contribution < 1.29 is 18.3 Å². The minimum atomic E-state index is -0.944. The van der Waals surface area contributed by atoms with Crippen molar-refractivity contribution in [2.75, 3.05) is 12.4 Å². The van der Waals surface area contributed by atoms with Gasteiger partial charge in [-0.25, -0.2) is 13.6 Å². The van der Waals surface area contributed by atoms with E-state index in [1.165, 1.54) is 13.2 Å². The Balaban J connectivity index is 1.98. The number of hydrogen-bond acceptors (Lipinski definition) is 2. The van der Waals surface area contributed by atoms with E-state index in [-0.39, 0.29) is 6.54 Å². The van der Waals surface area contributed by atoms with E-state index < -0.39 is 17.7 Å². The van der Waals surface area contributed by atoms with Gasteiger partial charge in [0.05, 0.1) is 12.8 Å². The predicted molar refractivity (Wildman–Crippen MR) is 79.9 cm³/mol. The van der Waals surface area contributed by atoms with Crippen LogP contribution in [0.5, 0.6) is 5.75 Å². The summed E-state index contributed by atoms with van der Waals surface area (Å²) < 4.78 is 31.1. The molecule has 2 aromatic carbocycles. The number of rotatable bonds is 4. The number of nitrogens with one attached hydrogen (secondary N) is 2. The summed E-state index contributed by atoms with van der Waals surface area (Å²) in [6.45, 7) is 1.97. The number of anilines is 1. The molecule has 0 heterocycles. The first-order valence-corrected chi connectivity index (χ1v) is 6.63. The summed E-state index contributed by atoms with van der Waals surface area (Å²) in [6.07, 6.45) is 0. The number of urea groups is 1. The summed E-state index contributed by atoms with van der Waals surface area (Å²) in [6, 6.07) is 8.40. The number of halogens is 2. The first kappa shape index (κ1) is 15.8. The first-order valence-electron chi connectivity index (χ1n) is 6.63. The molecule has 0 aliphatic carbocycles. The van der Waals surface area contributed by atoms with Gasteiger partial charge in [0.2, 0.25) is 0 Å². The molecule has 0 atom stereocenters. The molecule has 2 rings (SSSR count). The third kappa shape index (κ3) is 3.94. The van der Waals surface area contributed by atoms with Gasteiger partial charge in [-0.2, -0.15) is 0 Å². The monoisotopic (exact) mass is 306 g/mol. The first-order chi connectivity index (χ1) is 10.5. The molecule has 4 nitrogen and oxygen atoms in total. The Kier molecular flexibility index (Phi) is 4.93. The molecule has 0 radical (unpaired) electrons. The lowest BCUT2D eigenvalue weighted by Gasteiger charge is -2.12. The SMILES string of the molecule is COc1ccc(C)cc1NC(=O)NCc1ccc(F)c(F)c1. The molecule has 0 aromatic heterocycles. The van der Waals surface area contributed by atoms with Gasteiger partial charge in [0, 0.05) is 6.54 Å². The van der Waals surface area contributed by atoms with Crippen LogP contribution in [-0.4, -0.2) is 13.1 Å². The molecule has 6 heteroatoms. The smallest absolute Gasteiger partial charge is 0.319 e. The Morgan fingerprint density at radius 2 is 1.91 bits per heavy atom. The largest absolute Gasteiger partial charge is 0.495 e. The van der Waals surface area contributed by atoms with Crippen molar-refractivity contribution in [3.63, 3.8) is 0 Å². The van der Waals surface area contributed by atoms with Crippen molar-refractivity contribution in [1.82, 2.24) is 5.32 Å². The van der Waals surface area contributed by atoms with Crippen molar-refractivity contribution in [2.24, 2.45) is 0 Å². The molecule has 0 aliphatic rings. The van der Waals surface area contributed by atoms with E-state index in [0.717, 1.165) is 17.7 Å². The van der Waals surface area contributed by atoms with Gasteiger partial charge in [0.1, 0.15) is 5.75 Å². The molecule has 22 heavy (non-hydrogen) atoms. The predicted octanol–water partition coefficient (Wildman–Crippen LogP) is 3.60. The summed E-state index contributed by atoms with van der Waals surface area (Å²) in [5.74, 6) is -1.33. The number of hydrogen-bond donors (Lipinski definition) is 2. The van der Waals surface area contributed by atoms with Gasteiger partial charge < -0.3 is 15.4 Å². The standard InChI is InChI=1S/C16H16F2N2O2/c1-10-3-6-15(22-2)14(7-10)20-16(21)19-9-11-4-5-12(17)13(18)8-11/h3-8H,9H2,1-2H3,(H2,19,20,21). The van der Waals surface area contributed by atoms with E-state index in [1.54, 1.807) is 12.1 Å². The fraction of sp³-hybridized carbons (Fsp3) is 0.188. The molecule has 0 saturated carbocycles. The maximum atomic E-state index is 13.1. The Morgan fingerprint density at radius 1 is 1.14 bits per heavy atom. The van der Waals surface area contributed by atoms with E-state index in [2.05, 4.69) is 10.6 Å². The van der Waals surface area contributed by atoms with Gasteiger partial charge in [0.25, 0.3) is 0 Å². The van der Waals surface area contributed by atoms with Crippen LogP contribution in [0.2, 0.25) is 0 Å². The van der Waals surface area contributed by atoms with Crippen LogP contribution < -0.4 is 15.4 Å². The highest BCUT2D eigenvalue weighted by atomic mass is 19.2. The molecule has 2 aromatic rings. The maximum Gasteiger partial charge on any atom is 0.319 e. The van der Waals surface area contributed by atoms with E-state index in [1.807, 2.05) is 13.0 Å². The molecule has 116 valence electrons. The van der Waals surface area contributed by atoms with Crippen molar-refractivity contribution in [2.45, 2.75) is 13.5 Å². The molecule has 2 amide bonds. The third-order valence-corrected chi connectivity index (χ3v) is 3.04. The van der Waals surface area contributed by atoms with Crippen molar-refractivity contribution in [3.8, 4) is 5.75 Å². The lowest BCUT2D eigenvalue weighted by molar-refractivity contribution is 0.251. The van der Waals surface area contributed by atoms with E-state index in [9.17, 15) is 13.6 Å². The number of amides is 2. The topological polar surface area (TPSA) is 50.4 Å². The zero-order valence-electron chi connectivity index (χ0n) is 12.2. The van der Waals surface area contributed by atoms with Crippen LogP contribution in [0.1, 0.15) is 11.1 Å². The fourth-order valence-corrected chi connectivity index (χ4v) is 1.92. The third-order valence-electron chi connectivity index (χ3n) is 3.04. The summed E-state index contributed by atoms with van der Waals surface area (Å²) in [4.78, 5) is 11.9. The Bertz CT molecular complexity index is 690. The molecule has 0 unspecified atom stereocenters. The van der Waals surface area contributed by atoms with Crippen molar-refractivity contribution in [1.29, 1.82) is 0 Å². The highest BCUT2D eigenvalue weighted by Crippen LogP contribution is 2.24. The van der Waals surface area contributed by atoms with Gasteiger partial charge in [-0.05, 0) is 42.3 Å². The van der Waals surface area contributed by atoms with Crippen molar-refractivity contribution >= 4 is 11.7 Å². The van der Waals surface area contributed by atoms with Gasteiger partial charge in [-0.1, -0.05) is 12.1 Å². The number of benzene rings is 2. The second-order valence-electron chi connectivity index (χ2n) is 4.76. The molecule has 0 spiro atoms. The minimum Gasteiger partial charge on any atom is -0.495 e. The average Bonchev–Trinajstić information content (AvgIpc) is 2.49. The van der Waals surface area contributed by atoms with Crippen LogP contribution in [0.4, 0.5) is 19.3 Å². The van der Waals surface area contributed by atoms with Gasteiger partial charge in [0.15, 0.2) is 11.6 Å². The summed E-state index contributed by atoms with van der Waals surface area (Å²) in [7, 11) is 1.51. The summed E-state index contributed by atoms with van der Waals surface area (Å²) >= 11 is 0. The molecular weight excluding hydrogens is 290 g/mol. The van der Waals surface area contributed by atoms with Crippen LogP contribution in [0.3, 0.4) is 0 Å². The highest BCUT2D eigenvalue weighted by molar-refractivity contribution is 5.91. The normalized spacial score (nSPS) is 10.2. The maximum absolute atomic E-state index is 13.1. The van der Waals surface area contributed by atoms with Crippen molar-refractivity contribution in [3.05, 3.63) is 59.2 Å². The molecular formula is C16H16F2N2O2. The van der Waals surface area contributed by atoms with Crippen LogP contribution >= 0.6 is 0 Å². The Morgan fingerprint density at radius 3 is 2.59 bits per heavy atom. The Labute approximate surface area is 127 Å². The highest BCUT2D eigenvalue weighted by Gasteiger charge is 2.08. The number of aryl methyl sites for hydroxylation is 1. The summed E-state index contributed by atoms with van der Waals surface area (Å²) in [5.41, 5.74) is 1.97. The molecule has 0 fully saturated rings. The second kappa shape index (κ2) is 6.89.